The van der Waals surface area contributed by atoms with Crippen molar-refractivity contribution in [3.63, 3.8) is 0 Å². The molecular weight excluding hydrogens is 332 g/mol. The van der Waals surface area contributed by atoms with E-state index in [0.29, 0.717) is 19.6 Å². The third-order valence-electron chi connectivity index (χ3n) is 4.18. The number of amides is 1. The topological polar surface area (TPSA) is 79.0 Å². The van der Waals surface area contributed by atoms with E-state index in [1.807, 2.05) is 0 Å². The number of rotatable bonds is 6. The number of carbonyl (C=O) groups excluding carboxylic acids is 1. The van der Waals surface area contributed by atoms with Crippen LogP contribution < -0.4 is 5.32 Å². The highest BCUT2D eigenvalue weighted by Crippen LogP contribution is 2.19. The average Bonchev–Trinajstić information content (AvgIpc) is 2.93. The molecular formula is C13H23F2N3O4S. The monoisotopic (exact) mass is 355 g/mol. The fraction of sp³-hybridized carbons (Fsp3) is 0.923. The van der Waals surface area contributed by atoms with E-state index in [1.165, 1.54) is 9.21 Å². The number of ether oxygens (including phenoxy) is 1. The summed E-state index contributed by atoms with van der Waals surface area (Å²) >= 11 is 0. The molecule has 134 valence electrons. The third kappa shape index (κ3) is 5.07. The number of halogens is 2. The van der Waals surface area contributed by atoms with E-state index >= 15 is 0 Å². The summed E-state index contributed by atoms with van der Waals surface area (Å²) in [6.45, 7) is 0.829. The molecule has 2 fully saturated rings. The molecule has 1 amide bonds. The number of carbonyl (C=O) groups is 1. The maximum atomic E-state index is 12.6. The number of hydrogen-bond acceptors (Lipinski definition) is 5. The summed E-state index contributed by atoms with van der Waals surface area (Å²) in [5.41, 5.74) is 0. The lowest BCUT2D eigenvalue weighted by molar-refractivity contribution is -0.134. The summed E-state index contributed by atoms with van der Waals surface area (Å²) in [5.74, 6) is -0.397. The van der Waals surface area contributed by atoms with Crippen LogP contribution in [0, 0.1) is 0 Å². The molecule has 0 aromatic carbocycles. The smallest absolute Gasteiger partial charge is 0.251 e. The Morgan fingerprint density at radius 1 is 1.39 bits per heavy atom. The normalized spacial score (nSPS) is 27.5. The van der Waals surface area contributed by atoms with Crippen molar-refractivity contribution in [1.82, 2.24) is 14.5 Å². The van der Waals surface area contributed by atoms with Crippen LogP contribution in [0.15, 0.2) is 0 Å². The highest BCUT2D eigenvalue weighted by atomic mass is 32.2. The second-order valence-corrected chi connectivity index (χ2v) is 7.83. The van der Waals surface area contributed by atoms with Crippen LogP contribution in [-0.2, 0) is 19.6 Å². The second-order valence-electron chi connectivity index (χ2n) is 5.89. The van der Waals surface area contributed by atoms with Gasteiger partial charge in [0, 0.05) is 25.7 Å². The molecule has 2 aliphatic rings. The van der Waals surface area contributed by atoms with E-state index in [9.17, 15) is 22.0 Å². The zero-order valence-electron chi connectivity index (χ0n) is 13.1. The molecule has 0 aromatic heterocycles. The molecule has 23 heavy (non-hydrogen) atoms. The summed E-state index contributed by atoms with van der Waals surface area (Å²) in [6.07, 6.45) is 0.0540. The van der Waals surface area contributed by atoms with Crippen molar-refractivity contribution < 1.29 is 26.7 Å². The molecule has 2 rings (SSSR count). The van der Waals surface area contributed by atoms with E-state index in [4.69, 9.17) is 4.74 Å². The molecule has 2 aliphatic heterocycles. The van der Waals surface area contributed by atoms with Crippen LogP contribution in [0.3, 0.4) is 0 Å². The van der Waals surface area contributed by atoms with Crippen LogP contribution in [0.4, 0.5) is 8.78 Å². The first-order chi connectivity index (χ1) is 10.8. The minimum atomic E-state index is -3.30. The van der Waals surface area contributed by atoms with Gasteiger partial charge in [0.25, 0.3) is 6.43 Å². The Labute approximate surface area is 135 Å². The lowest BCUT2D eigenvalue weighted by Gasteiger charge is -2.34. The molecule has 0 bridgehead atoms. The predicted molar refractivity (Wildman–Crippen MR) is 79.8 cm³/mol. The SMILES string of the molecule is CS(=O)(=O)N1CCC[C@@H]1CNC(=O)C1COCCN1CC(F)F. The van der Waals surface area contributed by atoms with Gasteiger partial charge in [-0.1, -0.05) is 0 Å². The molecule has 0 saturated carbocycles. The van der Waals surface area contributed by atoms with Crippen LogP contribution >= 0.6 is 0 Å². The van der Waals surface area contributed by atoms with Gasteiger partial charge in [-0.3, -0.25) is 9.69 Å². The second kappa shape index (κ2) is 7.82. The summed E-state index contributed by atoms with van der Waals surface area (Å²) in [7, 11) is -3.30. The van der Waals surface area contributed by atoms with Gasteiger partial charge in [0.2, 0.25) is 15.9 Å². The minimum Gasteiger partial charge on any atom is -0.378 e. The van der Waals surface area contributed by atoms with E-state index in [1.54, 1.807) is 0 Å². The minimum absolute atomic E-state index is 0.0685. The van der Waals surface area contributed by atoms with E-state index in [-0.39, 0.29) is 25.7 Å². The first-order valence-corrected chi connectivity index (χ1v) is 9.48. The van der Waals surface area contributed by atoms with E-state index in [0.717, 1.165) is 12.7 Å². The standard InChI is InChI=1S/C13H23F2N3O4S/c1-23(20,21)18-4-2-3-10(18)7-16-13(19)11-9-22-6-5-17(11)8-12(14)15/h10-12H,2-9H2,1H3,(H,16,19)/t10-,11?/m1/s1. The Bertz CT molecular complexity index is 517. The first kappa shape index (κ1) is 18.5. The van der Waals surface area contributed by atoms with Crippen molar-refractivity contribution in [2.24, 2.45) is 0 Å². The summed E-state index contributed by atoms with van der Waals surface area (Å²) in [6, 6.07) is -1.03. The number of nitrogens with one attached hydrogen (secondary N) is 1. The lowest BCUT2D eigenvalue weighted by atomic mass is 10.2. The molecule has 0 spiro atoms. The zero-order chi connectivity index (χ0) is 17.0. The fourth-order valence-electron chi connectivity index (χ4n) is 3.06. The van der Waals surface area contributed by atoms with Crippen molar-refractivity contribution in [3.8, 4) is 0 Å². The van der Waals surface area contributed by atoms with Crippen molar-refractivity contribution in [2.75, 3.05) is 45.6 Å². The van der Waals surface area contributed by atoms with Gasteiger partial charge >= 0.3 is 0 Å². The number of nitrogens with zero attached hydrogens (tertiary/aromatic N) is 2. The van der Waals surface area contributed by atoms with E-state index in [2.05, 4.69) is 5.32 Å². The fourth-order valence-corrected chi connectivity index (χ4v) is 4.24. The van der Waals surface area contributed by atoms with Crippen molar-refractivity contribution in [1.29, 1.82) is 0 Å². The quantitative estimate of drug-likeness (QED) is 0.695. The molecule has 2 heterocycles. The molecule has 1 N–H and O–H groups in total. The zero-order valence-corrected chi connectivity index (χ0v) is 13.9. The first-order valence-electron chi connectivity index (χ1n) is 7.63. The maximum Gasteiger partial charge on any atom is 0.251 e. The Morgan fingerprint density at radius 2 is 2.13 bits per heavy atom. The van der Waals surface area contributed by atoms with Crippen LogP contribution in [0.5, 0.6) is 0 Å². The third-order valence-corrected chi connectivity index (χ3v) is 5.51. The lowest BCUT2D eigenvalue weighted by Crippen LogP contribution is -2.56. The summed E-state index contributed by atoms with van der Waals surface area (Å²) in [4.78, 5) is 13.7. The molecule has 0 aromatic rings. The van der Waals surface area contributed by atoms with Crippen LogP contribution in [0.1, 0.15) is 12.8 Å². The number of alkyl halides is 2. The molecule has 7 nitrogen and oxygen atoms in total. The van der Waals surface area contributed by atoms with Gasteiger partial charge < -0.3 is 10.1 Å². The molecule has 2 atom stereocenters. The Balaban J connectivity index is 1.90. The molecule has 10 heteroatoms. The highest BCUT2D eigenvalue weighted by Gasteiger charge is 2.34. The van der Waals surface area contributed by atoms with Gasteiger partial charge in [-0.15, -0.1) is 0 Å². The van der Waals surface area contributed by atoms with Gasteiger partial charge in [-0.05, 0) is 12.8 Å². The number of hydrogen-bond donors (Lipinski definition) is 1. The summed E-state index contributed by atoms with van der Waals surface area (Å²) in [5, 5.41) is 2.69. The molecule has 2 saturated heterocycles. The maximum absolute atomic E-state index is 12.6. The molecule has 0 aliphatic carbocycles. The van der Waals surface area contributed by atoms with Gasteiger partial charge in [-0.2, -0.15) is 4.31 Å². The van der Waals surface area contributed by atoms with Crippen LogP contribution in [0.25, 0.3) is 0 Å². The van der Waals surface area contributed by atoms with E-state index < -0.39 is 34.9 Å². The Morgan fingerprint density at radius 3 is 2.78 bits per heavy atom. The molecule has 1 unspecified atom stereocenters. The predicted octanol–water partition coefficient (Wildman–Crippen LogP) is -0.507. The van der Waals surface area contributed by atoms with Gasteiger partial charge in [0.05, 0.1) is 26.0 Å². The van der Waals surface area contributed by atoms with Crippen LogP contribution in [-0.4, -0.2) is 87.7 Å². The Hall–Kier alpha value is -0.840. The van der Waals surface area contributed by atoms with Crippen molar-refractivity contribution >= 4 is 15.9 Å². The highest BCUT2D eigenvalue weighted by molar-refractivity contribution is 7.88. The van der Waals surface area contributed by atoms with Gasteiger partial charge in [0.1, 0.15) is 6.04 Å². The molecule has 0 radical (unpaired) electrons. The summed E-state index contributed by atoms with van der Waals surface area (Å²) < 4.78 is 55.1. The number of morpholine rings is 1. The van der Waals surface area contributed by atoms with Crippen molar-refractivity contribution in [3.05, 3.63) is 0 Å². The van der Waals surface area contributed by atoms with Crippen LogP contribution in [0.2, 0.25) is 0 Å². The van der Waals surface area contributed by atoms with Gasteiger partial charge in [-0.25, -0.2) is 17.2 Å². The average molecular weight is 355 g/mol. The Kier molecular flexibility index (Phi) is 6.29. The largest absolute Gasteiger partial charge is 0.378 e. The van der Waals surface area contributed by atoms with Gasteiger partial charge in [0.15, 0.2) is 0 Å². The van der Waals surface area contributed by atoms with Crippen molar-refractivity contribution in [2.45, 2.75) is 31.4 Å². The number of sulfonamides is 1.